The highest BCUT2D eigenvalue weighted by Gasteiger charge is 2.33. The first-order chi connectivity index (χ1) is 13.2. The number of aliphatic hydroxyl groups excluding tert-OH is 1. The molecule has 1 unspecified atom stereocenters. The van der Waals surface area contributed by atoms with Crippen LogP contribution in [-0.4, -0.2) is 74.2 Å². The van der Waals surface area contributed by atoms with Gasteiger partial charge in [-0.05, 0) is 19.1 Å². The van der Waals surface area contributed by atoms with Gasteiger partial charge in [-0.25, -0.2) is 0 Å². The third-order valence-electron chi connectivity index (χ3n) is 3.58. The summed E-state index contributed by atoms with van der Waals surface area (Å²) in [5.74, 6) is 1.10. The first kappa shape index (κ1) is 28.9. The molecule has 0 aliphatic heterocycles. The van der Waals surface area contributed by atoms with Crippen LogP contribution < -0.4 is 10.6 Å². The molecule has 0 rings (SSSR count). The van der Waals surface area contributed by atoms with E-state index in [9.17, 15) is 14.7 Å². The average Bonchev–Trinajstić information content (AvgIpc) is 2.65. The Hall–Kier alpha value is -1.32. The van der Waals surface area contributed by atoms with Crippen molar-refractivity contribution in [3.63, 3.8) is 0 Å². The molecular weight excluding hydrogens is 382 g/mol. The van der Waals surface area contributed by atoms with E-state index in [1.165, 1.54) is 14.2 Å². The summed E-state index contributed by atoms with van der Waals surface area (Å²) in [4.78, 5) is 28.3. The van der Waals surface area contributed by atoms with E-state index in [1.807, 2.05) is 20.8 Å². The average molecular weight is 422 g/mol. The highest BCUT2D eigenvalue weighted by Crippen LogP contribution is 2.20. The topological polar surface area (TPSA) is 109 Å². The van der Waals surface area contributed by atoms with Gasteiger partial charge >= 0.3 is 0 Å². The van der Waals surface area contributed by atoms with E-state index in [4.69, 9.17) is 4.74 Å². The molecule has 0 aromatic carbocycles. The molecule has 0 aliphatic rings. The lowest BCUT2D eigenvalue weighted by Gasteiger charge is -2.28. The minimum atomic E-state index is -1.19. The minimum absolute atomic E-state index is 0.131. The summed E-state index contributed by atoms with van der Waals surface area (Å²) < 4.78 is 5.00. The standard InChI is InChI=1S/C17H33N3O5S.C2H6/c1-13(20-25-5)7-10-26-11-9-18-14(21)6-8-19-16(23)15(22)17(2,3)12-24-4;1-2/h15,22H,6-12H2,1-5H3,(H,18,21)(H,19,23);1-2H3/b20-13+;. The highest BCUT2D eigenvalue weighted by molar-refractivity contribution is 7.99. The Bertz CT molecular complexity index is 459. The van der Waals surface area contributed by atoms with Crippen LogP contribution in [0.4, 0.5) is 0 Å². The maximum Gasteiger partial charge on any atom is 0.249 e. The zero-order valence-electron chi connectivity index (χ0n) is 18.5. The number of carbonyl (C=O) groups is 2. The number of carbonyl (C=O) groups excluding carboxylic acids is 2. The molecular formula is C19H39N3O5S. The van der Waals surface area contributed by atoms with Crippen LogP contribution in [0.15, 0.2) is 5.16 Å². The molecule has 0 saturated carbocycles. The van der Waals surface area contributed by atoms with Crippen LogP contribution in [0.3, 0.4) is 0 Å². The Morgan fingerprint density at radius 2 is 1.75 bits per heavy atom. The lowest BCUT2D eigenvalue weighted by Crippen LogP contribution is -2.46. The molecule has 0 fully saturated rings. The van der Waals surface area contributed by atoms with Crippen molar-refractivity contribution in [1.82, 2.24) is 10.6 Å². The fourth-order valence-electron chi connectivity index (χ4n) is 2.08. The van der Waals surface area contributed by atoms with Crippen molar-refractivity contribution in [2.75, 3.05) is 45.4 Å². The van der Waals surface area contributed by atoms with Gasteiger partial charge < -0.3 is 25.3 Å². The molecule has 9 heteroatoms. The number of ether oxygens (including phenoxy) is 1. The Balaban J connectivity index is 0. The summed E-state index contributed by atoms with van der Waals surface area (Å²) in [6.07, 6.45) is -0.166. The second kappa shape index (κ2) is 17.8. The van der Waals surface area contributed by atoms with Crippen LogP contribution in [0.2, 0.25) is 0 Å². The number of nitrogens with one attached hydrogen (secondary N) is 2. The largest absolute Gasteiger partial charge is 0.399 e. The zero-order chi connectivity index (χ0) is 22.0. The molecule has 0 aliphatic carbocycles. The van der Waals surface area contributed by atoms with Gasteiger partial charge in [0.25, 0.3) is 0 Å². The summed E-state index contributed by atoms with van der Waals surface area (Å²) in [6.45, 7) is 10.4. The van der Waals surface area contributed by atoms with Gasteiger partial charge in [0.1, 0.15) is 13.2 Å². The van der Waals surface area contributed by atoms with Crippen LogP contribution in [-0.2, 0) is 19.2 Å². The monoisotopic (exact) mass is 421 g/mol. The van der Waals surface area contributed by atoms with Crippen molar-refractivity contribution >= 4 is 29.3 Å². The fraction of sp³-hybridized carbons (Fsp3) is 0.842. The predicted octanol–water partition coefficient (Wildman–Crippen LogP) is 1.81. The number of hydrogen-bond acceptors (Lipinski definition) is 7. The van der Waals surface area contributed by atoms with E-state index < -0.39 is 17.4 Å². The number of nitrogens with zero attached hydrogens (tertiary/aromatic N) is 1. The van der Waals surface area contributed by atoms with Gasteiger partial charge in [-0.15, -0.1) is 0 Å². The van der Waals surface area contributed by atoms with Crippen molar-refractivity contribution in [1.29, 1.82) is 0 Å². The molecule has 0 bridgehead atoms. The Labute approximate surface area is 174 Å². The molecule has 0 aromatic rings. The summed E-state index contributed by atoms with van der Waals surface area (Å²) in [5, 5.41) is 19.2. The smallest absolute Gasteiger partial charge is 0.249 e. The van der Waals surface area contributed by atoms with Crippen LogP contribution in [0.5, 0.6) is 0 Å². The number of rotatable bonds is 14. The fourth-order valence-corrected chi connectivity index (χ4v) is 2.97. The first-order valence-electron chi connectivity index (χ1n) is 9.60. The van der Waals surface area contributed by atoms with Crippen LogP contribution >= 0.6 is 11.8 Å². The molecule has 28 heavy (non-hydrogen) atoms. The number of amides is 2. The molecule has 2 amide bonds. The maximum absolute atomic E-state index is 11.9. The van der Waals surface area contributed by atoms with E-state index in [2.05, 4.69) is 20.6 Å². The molecule has 0 spiro atoms. The Morgan fingerprint density at radius 3 is 2.32 bits per heavy atom. The predicted molar refractivity (Wildman–Crippen MR) is 116 cm³/mol. The normalized spacial score (nSPS) is 12.5. The molecule has 0 radical (unpaired) electrons. The molecule has 0 saturated heterocycles. The van der Waals surface area contributed by atoms with Crippen LogP contribution in [0.25, 0.3) is 0 Å². The molecule has 8 nitrogen and oxygen atoms in total. The molecule has 0 aromatic heterocycles. The van der Waals surface area contributed by atoms with E-state index >= 15 is 0 Å². The lowest BCUT2D eigenvalue weighted by molar-refractivity contribution is -0.137. The van der Waals surface area contributed by atoms with Gasteiger partial charge in [0.05, 0.1) is 12.3 Å². The first-order valence-corrected chi connectivity index (χ1v) is 10.8. The van der Waals surface area contributed by atoms with E-state index in [0.717, 1.165) is 23.6 Å². The van der Waals surface area contributed by atoms with Crippen LogP contribution in [0, 0.1) is 5.41 Å². The van der Waals surface area contributed by atoms with Gasteiger partial charge in [0.15, 0.2) is 0 Å². The summed E-state index contributed by atoms with van der Waals surface area (Å²) >= 11 is 1.72. The highest BCUT2D eigenvalue weighted by atomic mass is 32.2. The van der Waals surface area contributed by atoms with Crippen molar-refractivity contribution < 1.29 is 24.3 Å². The van der Waals surface area contributed by atoms with Crippen molar-refractivity contribution in [3.8, 4) is 0 Å². The SMILES string of the molecule is CC.COCC(C)(C)C(O)C(=O)NCCC(=O)NCCSCC/C(C)=N/OC. The Kier molecular flexibility index (Phi) is 18.3. The third kappa shape index (κ3) is 14.7. The van der Waals surface area contributed by atoms with Crippen LogP contribution in [0.1, 0.15) is 47.5 Å². The van der Waals surface area contributed by atoms with Crippen molar-refractivity contribution in [3.05, 3.63) is 0 Å². The second-order valence-electron chi connectivity index (χ2n) is 6.59. The summed E-state index contributed by atoms with van der Waals surface area (Å²) in [7, 11) is 3.04. The van der Waals surface area contributed by atoms with Gasteiger partial charge in [-0.3, -0.25) is 9.59 Å². The summed E-state index contributed by atoms with van der Waals surface area (Å²) in [6, 6.07) is 0. The van der Waals surface area contributed by atoms with Gasteiger partial charge in [-0.2, -0.15) is 11.8 Å². The molecule has 0 heterocycles. The van der Waals surface area contributed by atoms with E-state index in [1.54, 1.807) is 25.6 Å². The van der Waals surface area contributed by atoms with E-state index in [0.29, 0.717) is 6.54 Å². The number of oxime groups is 1. The number of hydrogen-bond donors (Lipinski definition) is 3. The Morgan fingerprint density at radius 1 is 1.11 bits per heavy atom. The molecule has 3 N–H and O–H groups in total. The zero-order valence-corrected chi connectivity index (χ0v) is 19.3. The van der Waals surface area contributed by atoms with Crippen molar-refractivity contribution in [2.45, 2.75) is 53.6 Å². The number of methoxy groups -OCH3 is 1. The lowest BCUT2D eigenvalue weighted by atomic mass is 9.87. The molecule has 1 atom stereocenters. The quantitative estimate of drug-likeness (QED) is 0.224. The number of thioether (sulfide) groups is 1. The van der Waals surface area contributed by atoms with Gasteiger partial charge in [0, 0.05) is 37.8 Å². The van der Waals surface area contributed by atoms with Gasteiger partial charge in [-0.1, -0.05) is 32.9 Å². The summed E-state index contributed by atoms with van der Waals surface area (Å²) in [5.41, 5.74) is 0.251. The van der Waals surface area contributed by atoms with E-state index in [-0.39, 0.29) is 25.5 Å². The number of aliphatic hydroxyl groups is 1. The second-order valence-corrected chi connectivity index (χ2v) is 7.81. The maximum atomic E-state index is 11.9. The minimum Gasteiger partial charge on any atom is -0.399 e. The molecule has 166 valence electrons. The third-order valence-corrected chi connectivity index (χ3v) is 4.57. The van der Waals surface area contributed by atoms with Gasteiger partial charge in [0.2, 0.25) is 11.8 Å². The van der Waals surface area contributed by atoms with Crippen molar-refractivity contribution in [2.24, 2.45) is 10.6 Å².